The van der Waals surface area contributed by atoms with Crippen LogP contribution in [-0.4, -0.2) is 99.8 Å². The van der Waals surface area contributed by atoms with E-state index in [1.807, 2.05) is 0 Å². The Morgan fingerprint density at radius 1 is 0.565 bits per heavy atom. The lowest BCUT2D eigenvalue weighted by Crippen LogP contribution is -2.71. The maximum absolute atomic E-state index is 10.4. The molecule has 0 fully saturated rings. The fourth-order valence-electron chi connectivity index (χ4n) is 1.88. The molecule has 2 atom stereocenters. The molecule has 23 heavy (non-hydrogen) atoms. The first-order valence-corrected chi connectivity index (χ1v) is 6.37. The summed E-state index contributed by atoms with van der Waals surface area (Å²) < 4.78 is 34.9. The van der Waals surface area contributed by atoms with E-state index in [2.05, 4.69) is 0 Å². The third kappa shape index (κ3) is 3.65. The average Bonchev–Trinajstić information content (AvgIpc) is 2.62. The van der Waals surface area contributed by atoms with E-state index in [-0.39, 0.29) is 0 Å². The lowest BCUT2D eigenvalue weighted by molar-refractivity contribution is -0.586. The van der Waals surface area contributed by atoms with Gasteiger partial charge in [0.15, 0.2) is 0 Å². The van der Waals surface area contributed by atoms with E-state index in [9.17, 15) is 20.4 Å². The predicted octanol–water partition coefficient (Wildman–Crippen LogP) is -2.45. The Bertz CT molecular complexity index is 300. The summed E-state index contributed by atoms with van der Waals surface area (Å²) in [6.07, 6.45) is 0. The SMILES string of the molecule is COC(OC)(OC(OC)(OC)[C@](O)(CO)OC)[C@@](O)(CO)OC. The molecule has 11 heteroatoms. The molecule has 0 saturated carbocycles. The van der Waals surface area contributed by atoms with E-state index in [0.717, 1.165) is 42.7 Å². The Kier molecular flexibility index (Phi) is 8.43. The van der Waals surface area contributed by atoms with Gasteiger partial charge in [0.05, 0.1) is 0 Å². The van der Waals surface area contributed by atoms with Crippen LogP contribution in [0.25, 0.3) is 0 Å². The molecule has 0 aliphatic heterocycles. The maximum atomic E-state index is 10.4. The third-order valence-corrected chi connectivity index (χ3v) is 3.40. The van der Waals surface area contributed by atoms with Gasteiger partial charge in [-0.05, 0) is 0 Å². The van der Waals surface area contributed by atoms with Crippen molar-refractivity contribution in [2.45, 2.75) is 23.5 Å². The first-order chi connectivity index (χ1) is 10.7. The quantitative estimate of drug-likeness (QED) is 0.279. The summed E-state index contributed by atoms with van der Waals surface area (Å²) in [5.41, 5.74) is 0. The summed E-state index contributed by atoms with van der Waals surface area (Å²) in [5.74, 6) is -10.2. The van der Waals surface area contributed by atoms with Crippen molar-refractivity contribution in [2.75, 3.05) is 55.9 Å². The van der Waals surface area contributed by atoms with Gasteiger partial charge in [-0.3, -0.25) is 4.74 Å². The maximum Gasteiger partial charge on any atom is 0.346 e. The molecule has 0 rings (SSSR count). The van der Waals surface area contributed by atoms with E-state index >= 15 is 0 Å². The third-order valence-electron chi connectivity index (χ3n) is 3.40. The van der Waals surface area contributed by atoms with Gasteiger partial charge in [0.2, 0.25) is 0 Å². The molecule has 0 heterocycles. The van der Waals surface area contributed by atoms with E-state index in [1.165, 1.54) is 0 Å². The number of hydrogen-bond donors (Lipinski definition) is 4. The van der Waals surface area contributed by atoms with Crippen LogP contribution < -0.4 is 0 Å². The Morgan fingerprint density at radius 2 is 0.826 bits per heavy atom. The van der Waals surface area contributed by atoms with Crippen molar-refractivity contribution in [1.29, 1.82) is 0 Å². The topological polar surface area (TPSA) is 146 Å². The fraction of sp³-hybridized carbons (Fsp3) is 1.00. The Labute approximate surface area is 134 Å². The van der Waals surface area contributed by atoms with Crippen LogP contribution in [0.1, 0.15) is 0 Å². The second-order valence-electron chi connectivity index (χ2n) is 4.32. The highest BCUT2D eigenvalue weighted by atomic mass is 17.0. The number of aliphatic hydroxyl groups is 4. The molecule has 11 nitrogen and oxygen atoms in total. The van der Waals surface area contributed by atoms with Crippen LogP contribution in [0.3, 0.4) is 0 Å². The number of hydrogen-bond acceptors (Lipinski definition) is 11. The highest BCUT2D eigenvalue weighted by Gasteiger charge is 2.65. The minimum absolute atomic E-state index is 1.03. The van der Waals surface area contributed by atoms with Gasteiger partial charge >= 0.3 is 11.9 Å². The van der Waals surface area contributed by atoms with Gasteiger partial charge in [-0.1, -0.05) is 0 Å². The Morgan fingerprint density at radius 3 is 0.957 bits per heavy atom. The molecule has 0 aromatic heterocycles. The molecular weight excluding hydrogens is 320 g/mol. The van der Waals surface area contributed by atoms with Crippen molar-refractivity contribution in [3.63, 3.8) is 0 Å². The van der Waals surface area contributed by atoms with Gasteiger partial charge in [0, 0.05) is 42.7 Å². The molecule has 0 aromatic carbocycles. The van der Waals surface area contributed by atoms with Crippen LogP contribution in [0.4, 0.5) is 0 Å². The number of methoxy groups -OCH3 is 6. The Balaban J connectivity index is 6.13. The van der Waals surface area contributed by atoms with Crippen LogP contribution in [0.15, 0.2) is 0 Å². The first kappa shape index (κ1) is 22.6. The summed E-state index contributed by atoms with van der Waals surface area (Å²) in [4.78, 5) is 0. The van der Waals surface area contributed by atoms with Crippen molar-refractivity contribution in [3.05, 3.63) is 0 Å². The van der Waals surface area contributed by atoms with E-state index < -0.39 is 36.7 Å². The summed E-state index contributed by atoms with van der Waals surface area (Å²) in [6.45, 7) is -2.06. The summed E-state index contributed by atoms with van der Waals surface area (Å²) >= 11 is 0. The van der Waals surface area contributed by atoms with Gasteiger partial charge < -0.3 is 48.8 Å². The van der Waals surface area contributed by atoms with Gasteiger partial charge in [-0.15, -0.1) is 0 Å². The van der Waals surface area contributed by atoms with Crippen molar-refractivity contribution >= 4 is 0 Å². The predicted molar refractivity (Wildman–Crippen MR) is 72.7 cm³/mol. The van der Waals surface area contributed by atoms with E-state index in [4.69, 9.17) is 33.2 Å². The molecular formula is C12H26O11. The van der Waals surface area contributed by atoms with Gasteiger partial charge in [0.25, 0.3) is 11.6 Å². The highest BCUT2D eigenvalue weighted by Crippen LogP contribution is 2.39. The van der Waals surface area contributed by atoms with Gasteiger partial charge in [0.1, 0.15) is 13.2 Å². The van der Waals surface area contributed by atoms with Crippen molar-refractivity contribution < 1.29 is 53.6 Å². The molecule has 0 spiro atoms. The standard InChI is InChI=1S/C12H26O11/c1-17-9(15,7-13)11(19-3,20-4)23-12(21-5,22-6)10(16,8-14)18-2/h13-16H,7-8H2,1-6H3/t9-,10+. The summed E-state index contributed by atoms with van der Waals surface area (Å²) in [6, 6.07) is 0. The van der Waals surface area contributed by atoms with Crippen molar-refractivity contribution in [3.8, 4) is 0 Å². The van der Waals surface area contributed by atoms with Crippen LogP contribution in [0.5, 0.6) is 0 Å². The molecule has 0 aromatic rings. The molecule has 140 valence electrons. The van der Waals surface area contributed by atoms with E-state index in [0.29, 0.717) is 0 Å². The fourth-order valence-corrected chi connectivity index (χ4v) is 1.88. The molecule has 0 saturated heterocycles. The zero-order chi connectivity index (χ0) is 18.4. The zero-order valence-electron chi connectivity index (χ0n) is 14.1. The average molecular weight is 346 g/mol. The zero-order valence-corrected chi connectivity index (χ0v) is 14.1. The number of ether oxygens (including phenoxy) is 7. The second kappa shape index (κ2) is 8.60. The number of aliphatic hydroxyl groups excluding tert-OH is 2. The lowest BCUT2D eigenvalue weighted by Gasteiger charge is -2.49. The molecule has 0 amide bonds. The minimum atomic E-state index is -2.55. The monoisotopic (exact) mass is 346 g/mol. The van der Waals surface area contributed by atoms with Gasteiger partial charge in [-0.2, -0.15) is 0 Å². The van der Waals surface area contributed by atoms with Crippen molar-refractivity contribution in [2.24, 2.45) is 0 Å². The molecule has 0 aliphatic rings. The second-order valence-corrected chi connectivity index (χ2v) is 4.32. The van der Waals surface area contributed by atoms with Crippen LogP contribution >= 0.6 is 0 Å². The van der Waals surface area contributed by atoms with Gasteiger partial charge in [-0.25, -0.2) is 0 Å². The molecule has 0 bridgehead atoms. The van der Waals surface area contributed by atoms with E-state index in [1.54, 1.807) is 0 Å². The van der Waals surface area contributed by atoms with Crippen LogP contribution in [0, 0.1) is 0 Å². The largest absolute Gasteiger partial charge is 0.390 e. The van der Waals surface area contributed by atoms with Crippen molar-refractivity contribution in [1.82, 2.24) is 0 Å². The molecule has 0 aliphatic carbocycles. The summed E-state index contributed by atoms with van der Waals surface area (Å²) in [5, 5.41) is 39.5. The molecule has 0 radical (unpaired) electrons. The normalized spacial score (nSPS) is 18.5. The highest BCUT2D eigenvalue weighted by molar-refractivity contribution is 4.86. The lowest BCUT2D eigenvalue weighted by atomic mass is 10.2. The Hall–Kier alpha value is -0.440. The van der Waals surface area contributed by atoms with Crippen LogP contribution in [0.2, 0.25) is 0 Å². The first-order valence-electron chi connectivity index (χ1n) is 6.37. The van der Waals surface area contributed by atoms with Crippen LogP contribution in [-0.2, 0) is 33.2 Å². The number of rotatable bonds is 12. The molecule has 4 N–H and O–H groups in total. The summed E-state index contributed by atoms with van der Waals surface area (Å²) in [7, 11) is 6.33. The molecule has 0 unspecified atom stereocenters. The smallest absolute Gasteiger partial charge is 0.346 e. The minimum Gasteiger partial charge on any atom is -0.390 e.